The van der Waals surface area contributed by atoms with Gasteiger partial charge >= 0.3 is 17.8 Å². The van der Waals surface area contributed by atoms with E-state index >= 15 is 0 Å². The summed E-state index contributed by atoms with van der Waals surface area (Å²) >= 11 is 1.69. The Balaban J connectivity index is 1.31. The Hall–Kier alpha value is -3.30. The maximum absolute atomic E-state index is 13.0. The van der Waals surface area contributed by atoms with Crippen LogP contribution in [0, 0.1) is 0 Å². The number of urea groups is 1. The number of aromatic nitrogens is 1. The zero-order valence-electron chi connectivity index (χ0n) is 17.6. The molecule has 5 rings (SSSR count). The average Bonchev–Trinajstić information content (AvgIpc) is 3.35. The number of nitrogens with zero attached hydrogens (tertiary/aromatic N) is 4. The third-order valence-electron chi connectivity index (χ3n) is 5.89. The SMILES string of the molecule is COc1ccc(N2C(=O)C(=O)N(CN3CCC[C@H](c4nc5ccccc5s4)C3)C2=O)cc1. The van der Waals surface area contributed by atoms with Crippen molar-refractivity contribution in [2.75, 3.05) is 31.8 Å². The normalized spacial score (nSPS) is 19.9. The summed E-state index contributed by atoms with van der Waals surface area (Å²) in [6, 6.07) is 13.9. The quantitative estimate of drug-likeness (QED) is 0.438. The van der Waals surface area contributed by atoms with Gasteiger partial charge < -0.3 is 4.74 Å². The second kappa shape index (κ2) is 8.33. The van der Waals surface area contributed by atoms with Crippen molar-refractivity contribution in [3.8, 4) is 5.75 Å². The van der Waals surface area contributed by atoms with Crippen molar-refractivity contribution in [1.29, 1.82) is 0 Å². The van der Waals surface area contributed by atoms with Gasteiger partial charge in [0, 0.05) is 12.5 Å². The number of benzene rings is 2. The van der Waals surface area contributed by atoms with Crippen LogP contribution in [0.1, 0.15) is 23.8 Å². The van der Waals surface area contributed by atoms with Gasteiger partial charge in [-0.3, -0.25) is 14.5 Å². The number of anilines is 1. The molecule has 164 valence electrons. The summed E-state index contributed by atoms with van der Waals surface area (Å²) in [5.41, 5.74) is 1.35. The first-order chi connectivity index (χ1) is 15.5. The molecule has 2 aliphatic rings. The molecule has 3 heterocycles. The summed E-state index contributed by atoms with van der Waals surface area (Å²) in [5, 5.41) is 1.07. The van der Waals surface area contributed by atoms with Crippen LogP contribution < -0.4 is 9.64 Å². The van der Waals surface area contributed by atoms with E-state index in [-0.39, 0.29) is 12.6 Å². The fourth-order valence-electron chi connectivity index (χ4n) is 4.24. The van der Waals surface area contributed by atoms with Crippen molar-refractivity contribution in [1.82, 2.24) is 14.8 Å². The third kappa shape index (κ3) is 3.63. The average molecular weight is 451 g/mol. The third-order valence-corrected chi connectivity index (χ3v) is 7.09. The minimum Gasteiger partial charge on any atom is -0.497 e. The number of rotatable bonds is 5. The Morgan fingerprint density at radius 1 is 1.06 bits per heavy atom. The fraction of sp³-hybridized carbons (Fsp3) is 0.304. The maximum Gasteiger partial charge on any atom is 0.340 e. The van der Waals surface area contributed by atoms with Crippen LogP contribution in [0.15, 0.2) is 48.5 Å². The number of ether oxygens (including phenoxy) is 1. The minimum absolute atomic E-state index is 0.0947. The van der Waals surface area contributed by atoms with Crippen LogP contribution in [0.3, 0.4) is 0 Å². The second-order valence-corrected chi connectivity index (χ2v) is 8.99. The second-order valence-electron chi connectivity index (χ2n) is 7.93. The number of hydrogen-bond donors (Lipinski definition) is 0. The van der Waals surface area contributed by atoms with E-state index in [1.54, 1.807) is 35.6 Å². The van der Waals surface area contributed by atoms with Gasteiger partial charge in [-0.1, -0.05) is 12.1 Å². The van der Waals surface area contributed by atoms with Crippen LogP contribution in [-0.2, 0) is 9.59 Å². The smallest absolute Gasteiger partial charge is 0.340 e. The summed E-state index contributed by atoms with van der Waals surface area (Å²) in [5.74, 6) is -0.791. The molecule has 2 saturated heterocycles. The number of piperidine rings is 1. The lowest BCUT2D eigenvalue weighted by molar-refractivity contribution is -0.140. The molecule has 0 radical (unpaired) electrons. The van der Waals surface area contributed by atoms with E-state index in [9.17, 15) is 14.4 Å². The largest absolute Gasteiger partial charge is 0.497 e. The van der Waals surface area contributed by atoms with Crippen LogP contribution in [0.4, 0.5) is 10.5 Å². The van der Waals surface area contributed by atoms with Crippen LogP contribution in [0.5, 0.6) is 5.75 Å². The lowest BCUT2D eigenvalue weighted by atomic mass is 9.99. The van der Waals surface area contributed by atoms with Crippen molar-refractivity contribution in [3.63, 3.8) is 0 Å². The van der Waals surface area contributed by atoms with E-state index in [1.165, 1.54) is 7.11 Å². The number of hydrogen-bond acceptors (Lipinski definition) is 7. The molecular formula is C23H22N4O4S. The lowest BCUT2D eigenvalue weighted by Crippen LogP contribution is -2.45. The van der Waals surface area contributed by atoms with Crippen LogP contribution >= 0.6 is 11.3 Å². The molecule has 0 saturated carbocycles. The molecular weight excluding hydrogens is 428 g/mol. The molecule has 0 aliphatic carbocycles. The number of fused-ring (bicyclic) bond motifs is 1. The molecule has 1 aromatic heterocycles. The Bertz CT molecular complexity index is 1160. The number of methoxy groups -OCH3 is 1. The van der Waals surface area contributed by atoms with Crippen molar-refractivity contribution in [3.05, 3.63) is 53.5 Å². The number of carbonyl (C=O) groups excluding carboxylic acids is 3. The minimum atomic E-state index is -0.833. The zero-order valence-corrected chi connectivity index (χ0v) is 18.4. The zero-order chi connectivity index (χ0) is 22.2. The number of thiazole rings is 1. The predicted octanol–water partition coefficient (Wildman–Crippen LogP) is 3.44. The van der Waals surface area contributed by atoms with Crippen molar-refractivity contribution < 1.29 is 19.1 Å². The van der Waals surface area contributed by atoms with E-state index in [4.69, 9.17) is 9.72 Å². The predicted molar refractivity (Wildman–Crippen MR) is 121 cm³/mol. The molecule has 2 aromatic carbocycles. The first-order valence-corrected chi connectivity index (χ1v) is 11.3. The number of imide groups is 2. The summed E-state index contributed by atoms with van der Waals surface area (Å²) in [6.45, 7) is 1.54. The molecule has 2 aliphatic heterocycles. The molecule has 4 amide bonds. The molecule has 3 aromatic rings. The van der Waals surface area contributed by atoms with E-state index in [0.29, 0.717) is 18.0 Å². The van der Waals surface area contributed by atoms with Crippen molar-refractivity contribution in [2.24, 2.45) is 0 Å². The van der Waals surface area contributed by atoms with Gasteiger partial charge in [0.25, 0.3) is 0 Å². The van der Waals surface area contributed by atoms with Gasteiger partial charge in [0.15, 0.2) is 0 Å². The highest BCUT2D eigenvalue weighted by Gasteiger charge is 2.46. The van der Waals surface area contributed by atoms with E-state index in [1.807, 2.05) is 18.2 Å². The molecule has 0 N–H and O–H groups in total. The number of para-hydroxylation sites is 1. The Kier molecular flexibility index (Phi) is 5.36. The summed E-state index contributed by atoms with van der Waals surface area (Å²) in [6.07, 6.45) is 1.95. The molecule has 2 fully saturated rings. The highest BCUT2D eigenvalue weighted by atomic mass is 32.1. The van der Waals surface area contributed by atoms with Gasteiger partial charge in [0.05, 0.1) is 34.7 Å². The summed E-state index contributed by atoms with van der Waals surface area (Å²) in [7, 11) is 1.53. The summed E-state index contributed by atoms with van der Waals surface area (Å²) in [4.78, 5) is 46.9. The van der Waals surface area contributed by atoms with Crippen molar-refractivity contribution in [2.45, 2.75) is 18.8 Å². The topological polar surface area (TPSA) is 83.1 Å². The fourth-order valence-corrected chi connectivity index (χ4v) is 5.33. The van der Waals surface area contributed by atoms with Gasteiger partial charge in [-0.2, -0.15) is 0 Å². The maximum atomic E-state index is 13.0. The Labute approximate surface area is 189 Å². The molecule has 9 heteroatoms. The molecule has 0 spiro atoms. The standard InChI is InChI=1S/C23H22N4O4S/c1-31-17-10-8-16(9-11-17)27-22(29)21(28)26(23(27)30)14-25-12-4-5-15(13-25)20-24-18-6-2-3-7-19(18)32-20/h2-3,6-11,15H,4-5,12-14H2,1H3/t15-/m0/s1. The highest BCUT2D eigenvalue weighted by Crippen LogP contribution is 2.33. The van der Waals surface area contributed by atoms with Gasteiger partial charge in [-0.25, -0.2) is 19.6 Å². The Morgan fingerprint density at radius 2 is 1.84 bits per heavy atom. The van der Waals surface area contributed by atoms with Gasteiger partial charge in [0.1, 0.15) is 5.75 Å². The van der Waals surface area contributed by atoms with Crippen LogP contribution in [0.2, 0.25) is 0 Å². The van der Waals surface area contributed by atoms with Gasteiger partial charge in [-0.15, -0.1) is 11.3 Å². The first-order valence-electron chi connectivity index (χ1n) is 10.5. The molecule has 0 bridgehead atoms. The van der Waals surface area contributed by atoms with E-state index in [0.717, 1.165) is 44.4 Å². The van der Waals surface area contributed by atoms with Crippen LogP contribution in [0.25, 0.3) is 10.2 Å². The number of carbonyl (C=O) groups is 3. The molecule has 32 heavy (non-hydrogen) atoms. The molecule has 1 atom stereocenters. The number of amides is 4. The van der Waals surface area contributed by atoms with Crippen LogP contribution in [-0.4, -0.2) is 59.5 Å². The molecule has 8 nitrogen and oxygen atoms in total. The first kappa shape index (κ1) is 20.6. The van der Waals surface area contributed by atoms with Gasteiger partial charge in [0.2, 0.25) is 0 Å². The number of likely N-dealkylation sites (tertiary alicyclic amines) is 1. The summed E-state index contributed by atoms with van der Waals surface area (Å²) < 4.78 is 6.27. The molecule has 0 unspecified atom stereocenters. The highest BCUT2D eigenvalue weighted by molar-refractivity contribution is 7.18. The monoisotopic (exact) mass is 450 g/mol. The lowest BCUT2D eigenvalue weighted by Gasteiger charge is -2.33. The van der Waals surface area contributed by atoms with Crippen molar-refractivity contribution >= 4 is 45.1 Å². The van der Waals surface area contributed by atoms with E-state index in [2.05, 4.69) is 11.0 Å². The Morgan fingerprint density at radius 3 is 2.59 bits per heavy atom. The van der Waals surface area contributed by atoms with Gasteiger partial charge in [-0.05, 0) is 55.8 Å². The van der Waals surface area contributed by atoms with E-state index < -0.39 is 17.8 Å².